The minimum Gasteiger partial charge on any atom is -0.368 e. The Morgan fingerprint density at radius 3 is 2.52 bits per heavy atom. The molecule has 1 N–H and O–H groups in total. The van der Waals surface area contributed by atoms with Crippen molar-refractivity contribution in [1.29, 1.82) is 0 Å². The molecule has 1 aromatic rings. The van der Waals surface area contributed by atoms with Crippen molar-refractivity contribution in [2.45, 2.75) is 12.8 Å². The van der Waals surface area contributed by atoms with Crippen molar-refractivity contribution in [2.24, 2.45) is 10.9 Å². The van der Waals surface area contributed by atoms with Crippen LogP contribution < -0.4 is 10.2 Å². The number of rotatable bonds is 3. The Hall–Kier alpha value is -1.82. The fraction of sp³-hybridized carbons (Fsp3) is 0.632. The third-order valence-corrected chi connectivity index (χ3v) is 5.25. The van der Waals surface area contributed by atoms with Crippen molar-refractivity contribution in [1.82, 2.24) is 15.1 Å². The molecule has 0 aliphatic carbocycles. The highest BCUT2D eigenvalue weighted by atomic mass is 19.1. The number of guanidine groups is 1. The van der Waals surface area contributed by atoms with Gasteiger partial charge < -0.3 is 20.0 Å². The summed E-state index contributed by atoms with van der Waals surface area (Å²) in [6.07, 6.45) is 2.59. The molecule has 5 nitrogen and oxygen atoms in total. The van der Waals surface area contributed by atoms with Crippen molar-refractivity contribution in [3.8, 4) is 0 Å². The van der Waals surface area contributed by atoms with Crippen LogP contribution in [0.25, 0.3) is 0 Å². The molecule has 1 aromatic carbocycles. The van der Waals surface area contributed by atoms with Crippen LogP contribution in [0, 0.1) is 11.7 Å². The average molecular weight is 347 g/mol. The van der Waals surface area contributed by atoms with E-state index in [9.17, 15) is 4.39 Å². The van der Waals surface area contributed by atoms with Gasteiger partial charge in [0.2, 0.25) is 0 Å². The van der Waals surface area contributed by atoms with Crippen LogP contribution >= 0.6 is 0 Å². The average Bonchev–Trinajstić information content (AvgIpc) is 2.63. The van der Waals surface area contributed by atoms with Gasteiger partial charge in [-0.15, -0.1) is 0 Å². The minimum absolute atomic E-state index is 0.180. The zero-order valence-electron chi connectivity index (χ0n) is 15.4. The van der Waals surface area contributed by atoms with Crippen molar-refractivity contribution in [3.05, 3.63) is 30.1 Å². The number of benzene rings is 1. The minimum atomic E-state index is -0.180. The number of hydrogen-bond donors (Lipinski definition) is 1. The highest BCUT2D eigenvalue weighted by Gasteiger charge is 2.22. The first-order valence-corrected chi connectivity index (χ1v) is 9.30. The van der Waals surface area contributed by atoms with Crippen LogP contribution in [-0.2, 0) is 0 Å². The van der Waals surface area contributed by atoms with Gasteiger partial charge in [0.25, 0.3) is 0 Å². The molecule has 1 atom stereocenters. The normalized spacial score (nSPS) is 23.0. The lowest BCUT2D eigenvalue weighted by molar-refractivity contribution is 0.209. The molecule has 0 aromatic heterocycles. The Labute approximate surface area is 150 Å². The van der Waals surface area contributed by atoms with E-state index in [4.69, 9.17) is 0 Å². The molecule has 2 aliphatic rings. The van der Waals surface area contributed by atoms with E-state index in [1.807, 2.05) is 19.2 Å². The highest BCUT2D eigenvalue weighted by molar-refractivity contribution is 5.80. The predicted molar refractivity (Wildman–Crippen MR) is 102 cm³/mol. The molecule has 138 valence electrons. The molecule has 1 unspecified atom stereocenters. The summed E-state index contributed by atoms with van der Waals surface area (Å²) < 4.78 is 13.1. The van der Waals surface area contributed by atoms with Gasteiger partial charge in [0.15, 0.2) is 5.96 Å². The van der Waals surface area contributed by atoms with Crippen molar-refractivity contribution in [3.63, 3.8) is 0 Å². The van der Waals surface area contributed by atoms with Gasteiger partial charge in [-0.3, -0.25) is 4.99 Å². The van der Waals surface area contributed by atoms with E-state index in [-0.39, 0.29) is 5.82 Å². The van der Waals surface area contributed by atoms with Crippen LogP contribution in [0.2, 0.25) is 0 Å². The van der Waals surface area contributed by atoms with Gasteiger partial charge in [-0.25, -0.2) is 4.39 Å². The molecule has 0 amide bonds. The van der Waals surface area contributed by atoms with E-state index in [0.717, 1.165) is 44.4 Å². The monoisotopic (exact) mass is 347 g/mol. The molecular weight excluding hydrogens is 317 g/mol. The maximum atomic E-state index is 13.1. The Bertz CT molecular complexity index is 566. The number of likely N-dealkylation sites (tertiary alicyclic amines) is 1. The second-order valence-corrected chi connectivity index (χ2v) is 7.15. The highest BCUT2D eigenvalue weighted by Crippen LogP contribution is 2.17. The molecule has 0 saturated carbocycles. The Balaban J connectivity index is 1.47. The van der Waals surface area contributed by atoms with Gasteiger partial charge in [0.1, 0.15) is 5.82 Å². The van der Waals surface area contributed by atoms with Crippen LogP contribution in [0.4, 0.5) is 10.1 Å². The van der Waals surface area contributed by atoms with Gasteiger partial charge in [-0.1, -0.05) is 0 Å². The number of hydrogen-bond acceptors (Lipinski definition) is 3. The van der Waals surface area contributed by atoms with E-state index >= 15 is 0 Å². The molecule has 3 rings (SSSR count). The van der Waals surface area contributed by atoms with Crippen LogP contribution in [0.5, 0.6) is 0 Å². The summed E-state index contributed by atoms with van der Waals surface area (Å²) in [6, 6.07) is 6.78. The fourth-order valence-corrected chi connectivity index (χ4v) is 3.84. The summed E-state index contributed by atoms with van der Waals surface area (Å²) in [4.78, 5) is 11.5. The number of piperidine rings is 1. The lowest BCUT2D eigenvalue weighted by atomic mass is 9.98. The molecule has 2 saturated heterocycles. The lowest BCUT2D eigenvalue weighted by Gasteiger charge is -2.38. The molecule has 2 aliphatic heterocycles. The van der Waals surface area contributed by atoms with Crippen LogP contribution in [-0.4, -0.2) is 75.7 Å². The van der Waals surface area contributed by atoms with Crippen molar-refractivity contribution < 1.29 is 4.39 Å². The number of anilines is 1. The molecular formula is C19H30FN5. The van der Waals surface area contributed by atoms with E-state index in [1.54, 1.807) is 0 Å². The maximum Gasteiger partial charge on any atom is 0.193 e. The van der Waals surface area contributed by atoms with Crippen LogP contribution in [0.1, 0.15) is 12.8 Å². The first-order chi connectivity index (χ1) is 12.2. The first-order valence-electron chi connectivity index (χ1n) is 9.30. The lowest BCUT2D eigenvalue weighted by Crippen LogP contribution is -2.53. The van der Waals surface area contributed by atoms with E-state index in [2.05, 4.69) is 32.1 Å². The zero-order chi connectivity index (χ0) is 17.6. The molecule has 2 fully saturated rings. The second kappa shape index (κ2) is 8.52. The second-order valence-electron chi connectivity index (χ2n) is 7.15. The van der Waals surface area contributed by atoms with Gasteiger partial charge in [-0.05, 0) is 56.6 Å². The molecule has 2 heterocycles. The zero-order valence-corrected chi connectivity index (χ0v) is 15.4. The topological polar surface area (TPSA) is 34.1 Å². The number of nitrogens with zero attached hydrogens (tertiary/aromatic N) is 4. The largest absolute Gasteiger partial charge is 0.368 e. The SMILES string of the molecule is CN=C(NCC1CCCN(C)C1)N1CCN(c2ccc(F)cc2)CC1. The van der Waals surface area contributed by atoms with Crippen molar-refractivity contribution >= 4 is 11.6 Å². The number of aliphatic imine (C=N–C) groups is 1. The fourth-order valence-electron chi connectivity index (χ4n) is 3.84. The molecule has 0 radical (unpaired) electrons. The van der Waals surface area contributed by atoms with Crippen LogP contribution in [0.15, 0.2) is 29.3 Å². The van der Waals surface area contributed by atoms with Gasteiger partial charge >= 0.3 is 0 Å². The summed E-state index contributed by atoms with van der Waals surface area (Å²) in [6.45, 7) is 7.11. The van der Waals surface area contributed by atoms with E-state index in [1.165, 1.54) is 38.1 Å². The molecule has 6 heteroatoms. The maximum absolute atomic E-state index is 13.1. The summed E-state index contributed by atoms with van der Waals surface area (Å²) in [5.41, 5.74) is 1.09. The number of halogens is 1. The molecule has 0 spiro atoms. The Morgan fingerprint density at radius 2 is 1.88 bits per heavy atom. The van der Waals surface area contributed by atoms with Gasteiger partial charge in [0.05, 0.1) is 0 Å². The summed E-state index contributed by atoms with van der Waals surface area (Å²) in [5, 5.41) is 3.57. The molecule has 0 bridgehead atoms. The summed E-state index contributed by atoms with van der Waals surface area (Å²) in [7, 11) is 4.07. The van der Waals surface area contributed by atoms with E-state index in [0.29, 0.717) is 5.92 Å². The quantitative estimate of drug-likeness (QED) is 0.669. The molecule has 25 heavy (non-hydrogen) atoms. The van der Waals surface area contributed by atoms with Crippen LogP contribution in [0.3, 0.4) is 0 Å². The number of nitrogens with one attached hydrogen (secondary N) is 1. The number of piperazine rings is 1. The van der Waals surface area contributed by atoms with Gasteiger partial charge in [0, 0.05) is 52.0 Å². The van der Waals surface area contributed by atoms with Crippen molar-refractivity contribution in [2.75, 3.05) is 64.8 Å². The predicted octanol–water partition coefficient (Wildman–Crippen LogP) is 1.86. The standard InChI is InChI=1S/C19H30FN5/c1-21-19(22-14-16-4-3-9-23(2)15-16)25-12-10-24(11-13-25)18-7-5-17(20)6-8-18/h5-8,16H,3-4,9-15H2,1-2H3,(H,21,22). The third-order valence-electron chi connectivity index (χ3n) is 5.25. The first kappa shape index (κ1) is 18.0. The Morgan fingerprint density at radius 1 is 1.16 bits per heavy atom. The Kier molecular flexibility index (Phi) is 6.13. The van der Waals surface area contributed by atoms with E-state index < -0.39 is 0 Å². The third kappa shape index (κ3) is 4.84. The summed E-state index contributed by atoms with van der Waals surface area (Å²) >= 11 is 0. The smallest absolute Gasteiger partial charge is 0.193 e. The van der Waals surface area contributed by atoms with Gasteiger partial charge in [-0.2, -0.15) is 0 Å². The summed E-state index contributed by atoms with van der Waals surface area (Å²) in [5.74, 6) is 1.53.